The maximum atomic E-state index is 6.48. The van der Waals surface area contributed by atoms with Crippen molar-refractivity contribution in [3.8, 4) is 0 Å². The lowest BCUT2D eigenvalue weighted by Crippen LogP contribution is -2.27. The summed E-state index contributed by atoms with van der Waals surface area (Å²) in [6.07, 6.45) is 7.48. The Kier molecular flexibility index (Phi) is 5.48. The van der Waals surface area contributed by atoms with Crippen LogP contribution in [0.1, 0.15) is 76.8 Å². The quantitative estimate of drug-likeness (QED) is 0.782. The second-order valence-corrected chi connectivity index (χ2v) is 8.39. The first kappa shape index (κ1) is 16.5. The van der Waals surface area contributed by atoms with Crippen molar-refractivity contribution in [2.75, 3.05) is 0 Å². The van der Waals surface area contributed by atoms with Crippen molar-refractivity contribution < 1.29 is 0 Å². The molecule has 0 bridgehead atoms. The Labute approximate surface area is 131 Å². The zero-order valence-electron chi connectivity index (χ0n) is 14.4. The molecule has 21 heavy (non-hydrogen) atoms. The average Bonchev–Trinajstić information content (AvgIpc) is 2.36. The Morgan fingerprint density at radius 2 is 1.95 bits per heavy atom. The molecule has 3 unspecified atom stereocenters. The highest BCUT2D eigenvalue weighted by molar-refractivity contribution is 5.32. The van der Waals surface area contributed by atoms with E-state index in [4.69, 9.17) is 5.73 Å². The van der Waals surface area contributed by atoms with E-state index in [1.165, 1.54) is 25.7 Å². The summed E-state index contributed by atoms with van der Waals surface area (Å²) >= 11 is 0. The van der Waals surface area contributed by atoms with Crippen LogP contribution in [-0.2, 0) is 6.42 Å². The van der Waals surface area contributed by atoms with Gasteiger partial charge >= 0.3 is 0 Å². The van der Waals surface area contributed by atoms with Crippen LogP contribution in [0.5, 0.6) is 0 Å². The zero-order chi connectivity index (χ0) is 15.5. The van der Waals surface area contributed by atoms with E-state index in [9.17, 15) is 0 Å². The molecule has 1 aromatic carbocycles. The third-order valence-corrected chi connectivity index (χ3v) is 4.75. The smallest absolute Gasteiger partial charge is 0.00471 e. The highest BCUT2D eigenvalue weighted by Crippen LogP contribution is 2.35. The number of aryl methyl sites for hydroxylation is 1. The summed E-state index contributed by atoms with van der Waals surface area (Å²) in [4.78, 5) is 0. The van der Waals surface area contributed by atoms with E-state index in [-0.39, 0.29) is 0 Å². The first-order valence-corrected chi connectivity index (χ1v) is 8.68. The molecule has 1 aromatic rings. The Morgan fingerprint density at radius 3 is 2.67 bits per heavy atom. The number of fused-ring (bicyclic) bond motifs is 1. The molecule has 118 valence electrons. The summed E-state index contributed by atoms with van der Waals surface area (Å²) in [7, 11) is 0. The number of hydrogen-bond acceptors (Lipinski definition) is 1. The molecule has 1 heteroatoms. The van der Waals surface area contributed by atoms with Gasteiger partial charge in [-0.3, -0.25) is 0 Å². The lowest BCUT2D eigenvalue weighted by Gasteiger charge is -2.30. The fraction of sp³-hybridized carbons (Fsp3) is 0.700. The van der Waals surface area contributed by atoms with Gasteiger partial charge in [0.1, 0.15) is 0 Å². The molecule has 0 aliphatic heterocycles. The van der Waals surface area contributed by atoms with Crippen LogP contribution in [-0.4, -0.2) is 6.04 Å². The van der Waals surface area contributed by atoms with E-state index in [0.29, 0.717) is 17.4 Å². The highest BCUT2D eigenvalue weighted by atomic mass is 14.6. The van der Waals surface area contributed by atoms with Crippen LogP contribution in [0.25, 0.3) is 0 Å². The Bertz CT molecular complexity index is 443. The lowest BCUT2D eigenvalue weighted by molar-refractivity contribution is 0.278. The molecule has 0 amide bonds. The van der Waals surface area contributed by atoms with E-state index in [2.05, 4.69) is 52.0 Å². The van der Waals surface area contributed by atoms with Gasteiger partial charge in [-0.15, -0.1) is 0 Å². The number of nitrogens with two attached hydrogens (primary N) is 1. The number of benzene rings is 1. The SMILES string of the molecule is CC(CC(N)CC1CCCc2ccccc21)CC(C)(C)C. The van der Waals surface area contributed by atoms with Gasteiger partial charge in [0.2, 0.25) is 0 Å². The molecule has 1 nitrogen and oxygen atoms in total. The van der Waals surface area contributed by atoms with Crippen LogP contribution in [0.4, 0.5) is 0 Å². The molecule has 2 rings (SSSR count). The molecule has 1 aliphatic rings. The van der Waals surface area contributed by atoms with E-state index < -0.39 is 0 Å². The van der Waals surface area contributed by atoms with Gasteiger partial charge in [-0.25, -0.2) is 0 Å². The van der Waals surface area contributed by atoms with Crippen LogP contribution in [0.15, 0.2) is 24.3 Å². The summed E-state index contributed by atoms with van der Waals surface area (Å²) in [6, 6.07) is 9.33. The van der Waals surface area contributed by atoms with Crippen molar-refractivity contribution in [1.82, 2.24) is 0 Å². The van der Waals surface area contributed by atoms with Crippen LogP contribution in [0, 0.1) is 11.3 Å². The van der Waals surface area contributed by atoms with E-state index in [0.717, 1.165) is 18.8 Å². The predicted octanol–water partition coefficient (Wildman–Crippen LogP) is 5.29. The van der Waals surface area contributed by atoms with E-state index in [1.54, 1.807) is 11.1 Å². The topological polar surface area (TPSA) is 26.0 Å². The van der Waals surface area contributed by atoms with Crippen molar-refractivity contribution in [3.63, 3.8) is 0 Å². The number of hydrogen-bond donors (Lipinski definition) is 1. The largest absolute Gasteiger partial charge is 0.328 e. The van der Waals surface area contributed by atoms with Crippen LogP contribution >= 0.6 is 0 Å². The summed E-state index contributed by atoms with van der Waals surface area (Å²) in [5, 5.41) is 0. The first-order valence-electron chi connectivity index (χ1n) is 8.68. The summed E-state index contributed by atoms with van der Waals surface area (Å²) < 4.78 is 0. The van der Waals surface area contributed by atoms with E-state index >= 15 is 0 Å². The minimum absolute atomic E-state index is 0.346. The third-order valence-electron chi connectivity index (χ3n) is 4.75. The van der Waals surface area contributed by atoms with Crippen molar-refractivity contribution in [2.24, 2.45) is 17.1 Å². The van der Waals surface area contributed by atoms with Gasteiger partial charge < -0.3 is 5.73 Å². The van der Waals surface area contributed by atoms with Gasteiger partial charge in [-0.2, -0.15) is 0 Å². The maximum absolute atomic E-state index is 6.48. The molecule has 1 aliphatic carbocycles. The summed E-state index contributed by atoms with van der Waals surface area (Å²) in [6.45, 7) is 9.34. The average molecular weight is 287 g/mol. The fourth-order valence-electron chi connectivity index (χ4n) is 4.21. The van der Waals surface area contributed by atoms with Crippen LogP contribution in [0.2, 0.25) is 0 Å². The van der Waals surface area contributed by atoms with Crippen molar-refractivity contribution >= 4 is 0 Å². The first-order chi connectivity index (χ1) is 9.85. The summed E-state index contributed by atoms with van der Waals surface area (Å²) in [5.41, 5.74) is 10.0. The molecule has 0 heterocycles. The minimum atomic E-state index is 0.346. The normalized spacial score (nSPS) is 21.7. The second kappa shape index (κ2) is 6.96. The van der Waals surface area contributed by atoms with E-state index in [1.807, 2.05) is 0 Å². The molecule has 3 atom stereocenters. The lowest BCUT2D eigenvalue weighted by atomic mass is 9.77. The van der Waals surface area contributed by atoms with Crippen molar-refractivity contribution in [1.29, 1.82) is 0 Å². The molecule has 0 saturated heterocycles. The Balaban J connectivity index is 1.90. The van der Waals surface area contributed by atoms with Gasteiger partial charge in [0.05, 0.1) is 0 Å². The molecule has 0 saturated carbocycles. The molecule has 0 radical (unpaired) electrons. The van der Waals surface area contributed by atoms with Crippen LogP contribution < -0.4 is 5.73 Å². The predicted molar refractivity (Wildman–Crippen MR) is 92.6 cm³/mol. The van der Waals surface area contributed by atoms with Crippen LogP contribution in [0.3, 0.4) is 0 Å². The molecule has 0 fully saturated rings. The molecule has 0 spiro atoms. The molecular formula is C20H33N. The highest BCUT2D eigenvalue weighted by Gasteiger charge is 2.23. The number of rotatable bonds is 5. The molecule has 2 N–H and O–H groups in total. The van der Waals surface area contributed by atoms with Gasteiger partial charge in [-0.1, -0.05) is 52.0 Å². The minimum Gasteiger partial charge on any atom is -0.328 e. The summed E-state index contributed by atoms with van der Waals surface area (Å²) in [5.74, 6) is 1.41. The van der Waals surface area contributed by atoms with Crippen molar-refractivity contribution in [2.45, 2.75) is 78.2 Å². The zero-order valence-corrected chi connectivity index (χ0v) is 14.4. The van der Waals surface area contributed by atoms with Gasteiger partial charge in [0, 0.05) is 6.04 Å². The Hall–Kier alpha value is -0.820. The monoisotopic (exact) mass is 287 g/mol. The molecular weight excluding hydrogens is 254 g/mol. The fourth-order valence-corrected chi connectivity index (χ4v) is 4.21. The van der Waals surface area contributed by atoms with Gasteiger partial charge in [0.25, 0.3) is 0 Å². The maximum Gasteiger partial charge on any atom is 0.00471 e. The third kappa shape index (κ3) is 5.14. The van der Waals surface area contributed by atoms with Gasteiger partial charge in [0.15, 0.2) is 0 Å². The molecule has 0 aromatic heterocycles. The second-order valence-electron chi connectivity index (χ2n) is 8.39. The Morgan fingerprint density at radius 1 is 1.24 bits per heavy atom. The van der Waals surface area contributed by atoms with Crippen molar-refractivity contribution in [3.05, 3.63) is 35.4 Å². The van der Waals surface area contributed by atoms with Gasteiger partial charge in [-0.05, 0) is 66.9 Å². The standard InChI is InChI=1S/C20H33N/c1-15(14-20(2,3)4)12-18(21)13-17-10-7-9-16-8-5-6-11-19(16)17/h5-6,8,11,15,17-18H,7,9-10,12-14,21H2,1-4H3.